The first kappa shape index (κ1) is 78.2. The third kappa shape index (κ3) is 17.5. The molecule has 6 heterocycles. The van der Waals surface area contributed by atoms with Crippen molar-refractivity contribution in [3.8, 4) is 51.3 Å². The molecule has 5 aliphatic heterocycles. The minimum Gasteiger partial charge on any atom is -0.497 e. The van der Waals surface area contributed by atoms with E-state index in [0.717, 1.165) is 75.4 Å². The highest BCUT2D eigenvalue weighted by molar-refractivity contribution is 6.07. The molecular weight excluding hydrogens is 1420 g/mol. The molecule has 6 aliphatic rings. The van der Waals surface area contributed by atoms with E-state index in [1.54, 1.807) is 54.2 Å². The van der Waals surface area contributed by atoms with Gasteiger partial charge in [0.15, 0.2) is 40.8 Å². The second-order valence-electron chi connectivity index (χ2n) is 30.0. The highest BCUT2D eigenvalue weighted by atomic mass is 16.6. The Hall–Kier alpha value is -11.0. The van der Waals surface area contributed by atoms with Gasteiger partial charge in [-0.15, -0.1) is 5.10 Å². The van der Waals surface area contributed by atoms with Gasteiger partial charge in [-0.25, -0.2) is 14.4 Å². The smallest absolute Gasteiger partial charge is 0.416 e. The molecule has 2 fully saturated rings. The Morgan fingerprint density at radius 3 is 2.10 bits per heavy atom. The van der Waals surface area contributed by atoms with E-state index < -0.39 is 36.2 Å². The Labute approximate surface area is 645 Å². The standard InChI is InChI=1S/C85H97N9O17/c1-51(2)65(41-61(95)49-108-37-36-107-35-32-86-76(97)28-29-77(98)91-46-58-14-9-10-15-63(58)79-78(88-89-94(79)52(3)4)64-16-11-12-17-68(64)91)80(99)87-53(5)71(96)38-54-18-20-55(21-19-54)48-111-84(103)93-69-44-75(73(106-8)43-67(69)82(101)92-50-85(30-31-85)45-70(92)83(93)102)110-34-13-33-109-74-40-57-22-25-60-39-59(56-23-26-62(104-6)27-24-56)47-90(60)81(100)66(57)42-72(74)105-7/h9-12,14-21,23-24,26-27,40,42-44,47,51-53,60,65,70,83,102H,13,22,25,28-39,41,45-46,48-50H2,1-8H3,(H,86,97)(H,87,99)/t53-,60+,65-,70-,83?/m0/s1. The molecule has 26 nitrogen and oxygen atoms in total. The fourth-order valence-electron chi connectivity index (χ4n) is 15.4. The monoisotopic (exact) mass is 1520 g/mol. The number of rotatable bonds is 32. The number of hydrogen-bond donors (Lipinski definition) is 3. The number of methoxy groups -OCH3 is 3. The van der Waals surface area contributed by atoms with Crippen LogP contribution in [0.4, 0.5) is 16.2 Å². The molecule has 1 spiro atoms. The maximum Gasteiger partial charge on any atom is 0.416 e. The van der Waals surface area contributed by atoms with Gasteiger partial charge in [0.1, 0.15) is 24.7 Å². The van der Waals surface area contributed by atoms with Crippen LogP contribution in [0.25, 0.3) is 28.1 Å². The first-order chi connectivity index (χ1) is 53.6. The van der Waals surface area contributed by atoms with Crippen LogP contribution in [0.1, 0.15) is 147 Å². The molecule has 26 heteroatoms. The summed E-state index contributed by atoms with van der Waals surface area (Å²) in [5.41, 5.74) is 9.80. The molecule has 7 aromatic rings. The van der Waals surface area contributed by atoms with Crippen LogP contribution in [0.5, 0.6) is 28.7 Å². The first-order valence-corrected chi connectivity index (χ1v) is 38.2. The summed E-state index contributed by atoms with van der Waals surface area (Å²) in [6.45, 7) is 10.5. The number of aliphatic hydroxyl groups is 1. The first-order valence-electron chi connectivity index (χ1n) is 38.2. The van der Waals surface area contributed by atoms with E-state index in [1.165, 1.54) is 26.4 Å². The van der Waals surface area contributed by atoms with Crippen LogP contribution < -0.4 is 44.1 Å². The third-order valence-electron chi connectivity index (χ3n) is 21.9. The lowest BCUT2D eigenvalue weighted by Crippen LogP contribution is -2.50. The van der Waals surface area contributed by atoms with Gasteiger partial charge in [-0.3, -0.25) is 33.6 Å². The van der Waals surface area contributed by atoms with E-state index in [1.807, 2.05) is 108 Å². The van der Waals surface area contributed by atoms with Crippen molar-refractivity contribution in [3.63, 3.8) is 0 Å². The lowest BCUT2D eigenvalue weighted by molar-refractivity contribution is -0.134. The van der Waals surface area contributed by atoms with Crippen LogP contribution >= 0.6 is 0 Å². The summed E-state index contributed by atoms with van der Waals surface area (Å²) in [6, 6.07) is 35.4. The lowest BCUT2D eigenvalue weighted by Gasteiger charge is -2.31. The normalized spacial score (nSPS) is 17.6. The maximum atomic E-state index is 14.5. The maximum absolute atomic E-state index is 14.5. The highest BCUT2D eigenvalue weighted by Gasteiger charge is 2.58. The number of nitrogens with one attached hydrogen (secondary N) is 2. The average Bonchev–Trinajstić information content (AvgIpc) is 1.53. The molecule has 1 unspecified atom stereocenters. The van der Waals surface area contributed by atoms with Crippen molar-refractivity contribution in [1.29, 1.82) is 0 Å². The van der Waals surface area contributed by atoms with E-state index in [-0.39, 0.29) is 160 Å². The van der Waals surface area contributed by atoms with Gasteiger partial charge in [0.05, 0.1) is 95.6 Å². The number of carbonyl (C=O) groups is 8. The SMILES string of the molecule is COc1ccc(C2=CN3C(=O)c4cc(OC)c(OCCCOc5cc6c(cc5OC)C(=O)N5CC7(CC7)C[C@H]5C(O)N6C(=O)OCc5ccc(CC(=O)[C@H](C)NC(=O)[C@@H](CC(=O)COCCOCCNC(=O)CCC(=O)N6Cc7ccccc7-c7c(nnn7C(C)C)-c7ccccc76)C(C)C)cc5)cc4CC[C@@H]3C2)cc1. The van der Waals surface area contributed by atoms with Crippen molar-refractivity contribution in [2.24, 2.45) is 17.3 Å². The minimum atomic E-state index is -1.47. The van der Waals surface area contributed by atoms with Gasteiger partial charge < -0.3 is 68.3 Å². The fraction of sp³-hybridized carbons (Fsp3) is 0.435. The summed E-state index contributed by atoms with van der Waals surface area (Å²) in [5.74, 6) is -0.822. The van der Waals surface area contributed by atoms with Gasteiger partial charge in [0.2, 0.25) is 17.7 Å². The molecule has 13 rings (SSSR count). The number of nitrogens with zero attached hydrogens (tertiary/aromatic N) is 7. The summed E-state index contributed by atoms with van der Waals surface area (Å²) in [7, 11) is 4.62. The molecule has 584 valence electrons. The third-order valence-corrected chi connectivity index (χ3v) is 21.9. The van der Waals surface area contributed by atoms with Gasteiger partial charge in [-0.2, -0.15) is 0 Å². The number of benzene rings is 6. The highest BCUT2D eigenvalue weighted by Crippen LogP contribution is 2.57. The van der Waals surface area contributed by atoms with Crippen LogP contribution in [-0.4, -0.2) is 176 Å². The van der Waals surface area contributed by atoms with Gasteiger partial charge in [-0.1, -0.05) is 97.9 Å². The van der Waals surface area contributed by atoms with Crippen molar-refractivity contribution < 1.29 is 81.4 Å². The predicted molar refractivity (Wildman–Crippen MR) is 412 cm³/mol. The fourth-order valence-corrected chi connectivity index (χ4v) is 15.4. The molecule has 5 atom stereocenters. The summed E-state index contributed by atoms with van der Waals surface area (Å²) < 4.78 is 48.6. The van der Waals surface area contributed by atoms with Gasteiger partial charge in [0, 0.05) is 92.2 Å². The van der Waals surface area contributed by atoms with Crippen molar-refractivity contribution in [1.82, 2.24) is 35.4 Å². The van der Waals surface area contributed by atoms with Crippen LogP contribution in [0.15, 0.2) is 128 Å². The number of aromatic nitrogens is 3. The molecule has 6 aromatic carbocycles. The number of aryl methyl sites for hydroxylation is 1. The van der Waals surface area contributed by atoms with Crippen LogP contribution in [-0.2, 0) is 64.2 Å². The minimum absolute atomic E-state index is 0.00900. The molecule has 0 bridgehead atoms. The number of anilines is 2. The molecule has 1 aromatic heterocycles. The number of Topliss-reactive ketones (excluding diaryl/α,β-unsaturated/α-hetero) is 2. The quantitative estimate of drug-likeness (QED) is 0.0330. The zero-order valence-corrected chi connectivity index (χ0v) is 64.1. The topological polar surface area (TPSA) is 298 Å². The average molecular weight is 1520 g/mol. The van der Waals surface area contributed by atoms with Gasteiger partial charge in [0.25, 0.3) is 11.8 Å². The van der Waals surface area contributed by atoms with Gasteiger partial charge >= 0.3 is 6.09 Å². The van der Waals surface area contributed by atoms with Crippen molar-refractivity contribution >= 4 is 64.1 Å². The molecule has 1 saturated carbocycles. The van der Waals surface area contributed by atoms with E-state index in [9.17, 15) is 43.5 Å². The number of carbonyl (C=O) groups excluding carboxylic acids is 8. The zero-order valence-electron chi connectivity index (χ0n) is 64.1. The molecule has 111 heavy (non-hydrogen) atoms. The predicted octanol–water partition coefficient (Wildman–Crippen LogP) is 11.1. The lowest BCUT2D eigenvalue weighted by atomic mass is 9.89. The molecule has 1 aliphatic carbocycles. The summed E-state index contributed by atoms with van der Waals surface area (Å²) in [5, 5.41) is 26.9. The molecule has 6 amide bonds. The largest absolute Gasteiger partial charge is 0.497 e. The van der Waals surface area contributed by atoms with E-state index >= 15 is 0 Å². The zero-order chi connectivity index (χ0) is 78.2. The number of ketones is 2. The Morgan fingerprint density at radius 2 is 1.39 bits per heavy atom. The van der Waals surface area contributed by atoms with Crippen molar-refractivity contribution in [3.05, 3.63) is 166 Å². The second kappa shape index (κ2) is 34.5. The Morgan fingerprint density at radius 1 is 0.694 bits per heavy atom. The molecule has 1 saturated heterocycles. The van der Waals surface area contributed by atoms with Crippen LogP contribution in [0.3, 0.4) is 0 Å². The number of ether oxygens (including phenoxy) is 8. The summed E-state index contributed by atoms with van der Waals surface area (Å²) in [4.78, 5) is 117. The Balaban J connectivity index is 0.542. The van der Waals surface area contributed by atoms with E-state index in [0.29, 0.717) is 71.9 Å². The number of amides is 6. The van der Waals surface area contributed by atoms with E-state index in [4.69, 9.17) is 37.9 Å². The van der Waals surface area contributed by atoms with Crippen LogP contribution in [0, 0.1) is 17.3 Å². The van der Waals surface area contributed by atoms with Gasteiger partial charge in [-0.05, 0) is 140 Å². The number of aliphatic hydroxyl groups excluding tert-OH is 1. The summed E-state index contributed by atoms with van der Waals surface area (Å²) >= 11 is 0. The molecule has 0 radical (unpaired) electrons. The van der Waals surface area contributed by atoms with Crippen molar-refractivity contribution in [2.45, 2.75) is 149 Å². The summed E-state index contributed by atoms with van der Waals surface area (Å²) in [6.07, 6.45) is 4.24. The Bertz CT molecular complexity index is 4670. The number of fused-ring (bicyclic) bond motifs is 9. The van der Waals surface area contributed by atoms with Crippen LogP contribution in [0.2, 0.25) is 0 Å². The molecular formula is C85H97N9O17. The second-order valence-corrected chi connectivity index (χ2v) is 30.0. The number of hydrogen-bond acceptors (Lipinski definition) is 19. The Kier molecular flexibility index (Phi) is 24.3. The molecule has 3 N–H and O–H groups in total. The van der Waals surface area contributed by atoms with Crippen molar-refractivity contribution in [2.75, 3.05) is 83.9 Å². The van der Waals surface area contributed by atoms with E-state index in [2.05, 4.69) is 34.8 Å². The number of para-hydroxylation sites is 1.